The van der Waals surface area contributed by atoms with Crippen LogP contribution in [-0.2, 0) is 4.79 Å². The van der Waals surface area contributed by atoms with Gasteiger partial charge in [0.1, 0.15) is 11.6 Å². The highest BCUT2D eigenvalue weighted by molar-refractivity contribution is 5.83. The summed E-state index contributed by atoms with van der Waals surface area (Å²) in [5.41, 5.74) is -0.907. The van der Waals surface area contributed by atoms with Gasteiger partial charge in [-0.25, -0.2) is 14.8 Å². The van der Waals surface area contributed by atoms with E-state index >= 15 is 0 Å². The van der Waals surface area contributed by atoms with Crippen molar-refractivity contribution in [3.05, 3.63) is 18.1 Å². The lowest BCUT2D eigenvalue weighted by molar-refractivity contribution is -0.143. The van der Waals surface area contributed by atoms with E-state index < -0.39 is 11.5 Å². The molecule has 1 aromatic rings. The fraction of sp³-hybridized carbons (Fsp3) is 0.538. The molecule has 0 unspecified atom stereocenters. The van der Waals surface area contributed by atoms with Crippen molar-refractivity contribution < 1.29 is 9.90 Å². The van der Waals surface area contributed by atoms with Crippen LogP contribution in [0.3, 0.4) is 0 Å². The largest absolute Gasteiger partial charge is 0.480 e. The van der Waals surface area contributed by atoms with Gasteiger partial charge in [0, 0.05) is 12.4 Å². The summed E-state index contributed by atoms with van der Waals surface area (Å²) in [7, 11) is 0. The first kappa shape index (κ1) is 13.3. The number of carboxylic acid groups (broad SMARTS) is 1. The maximum atomic E-state index is 11.6. The molecule has 1 saturated carbocycles. The van der Waals surface area contributed by atoms with Gasteiger partial charge in [0.15, 0.2) is 11.5 Å². The molecule has 0 aliphatic heterocycles. The van der Waals surface area contributed by atoms with E-state index in [1.165, 1.54) is 12.4 Å². The number of nitrogens with one attached hydrogen (secondary N) is 1. The number of hydrogen-bond acceptors (Lipinski definition) is 5. The molecule has 100 valence electrons. The summed E-state index contributed by atoms with van der Waals surface area (Å²) in [6.07, 6.45) is 5.63. The summed E-state index contributed by atoms with van der Waals surface area (Å²) >= 11 is 0. The highest BCUT2D eigenvalue weighted by atomic mass is 16.4. The average molecular weight is 260 g/mol. The van der Waals surface area contributed by atoms with Crippen LogP contribution in [0.15, 0.2) is 12.4 Å². The number of carbonyl (C=O) groups is 1. The third-order valence-electron chi connectivity index (χ3n) is 3.70. The molecule has 0 atom stereocenters. The predicted molar refractivity (Wildman–Crippen MR) is 68.4 cm³/mol. The van der Waals surface area contributed by atoms with Gasteiger partial charge in [-0.15, -0.1) is 0 Å². The quantitative estimate of drug-likeness (QED) is 0.859. The molecule has 1 aliphatic carbocycles. The van der Waals surface area contributed by atoms with Crippen LogP contribution >= 0.6 is 0 Å². The van der Waals surface area contributed by atoms with Crippen LogP contribution in [0.4, 0.5) is 5.82 Å². The summed E-state index contributed by atoms with van der Waals surface area (Å²) in [5, 5.41) is 21.4. The minimum atomic E-state index is -1.03. The zero-order chi connectivity index (χ0) is 13.9. The normalized spacial score (nSPS) is 26.4. The fourth-order valence-corrected chi connectivity index (χ4v) is 2.39. The molecule has 0 saturated heterocycles. The van der Waals surface area contributed by atoms with E-state index in [1.807, 2.05) is 6.07 Å². The molecule has 0 aromatic carbocycles. The second kappa shape index (κ2) is 5.22. The monoisotopic (exact) mass is 260 g/mol. The number of aliphatic carboxylic acids is 1. The fourth-order valence-electron chi connectivity index (χ4n) is 2.39. The molecule has 6 heteroatoms. The third-order valence-corrected chi connectivity index (χ3v) is 3.70. The number of hydrogen-bond donors (Lipinski definition) is 2. The first-order chi connectivity index (χ1) is 9.07. The molecular formula is C13H16N4O2. The molecule has 6 nitrogen and oxygen atoms in total. The molecular weight excluding hydrogens is 244 g/mol. The summed E-state index contributed by atoms with van der Waals surface area (Å²) in [6.45, 7) is 2.12. The number of carboxylic acids is 1. The Labute approximate surface area is 111 Å². The molecule has 0 radical (unpaired) electrons. The Morgan fingerprint density at radius 1 is 1.47 bits per heavy atom. The van der Waals surface area contributed by atoms with Crippen molar-refractivity contribution in [2.24, 2.45) is 5.92 Å². The second-order valence-electron chi connectivity index (χ2n) is 5.06. The Balaban J connectivity index is 2.27. The second-order valence-corrected chi connectivity index (χ2v) is 5.06. The van der Waals surface area contributed by atoms with Crippen LogP contribution in [0.1, 0.15) is 38.3 Å². The van der Waals surface area contributed by atoms with Gasteiger partial charge in [-0.3, -0.25) is 0 Å². The van der Waals surface area contributed by atoms with Gasteiger partial charge in [0.2, 0.25) is 0 Å². The Morgan fingerprint density at radius 3 is 2.68 bits per heavy atom. The van der Waals surface area contributed by atoms with Crippen molar-refractivity contribution in [1.82, 2.24) is 9.97 Å². The lowest BCUT2D eigenvalue weighted by Gasteiger charge is -2.36. The smallest absolute Gasteiger partial charge is 0.329 e. The minimum absolute atomic E-state index is 0.127. The molecule has 0 spiro atoms. The van der Waals surface area contributed by atoms with Gasteiger partial charge in [0.05, 0.1) is 0 Å². The topological polar surface area (TPSA) is 98.9 Å². The van der Waals surface area contributed by atoms with Crippen molar-refractivity contribution >= 4 is 11.8 Å². The Kier molecular flexibility index (Phi) is 3.65. The van der Waals surface area contributed by atoms with Crippen LogP contribution in [0.5, 0.6) is 0 Å². The van der Waals surface area contributed by atoms with E-state index in [2.05, 4.69) is 22.2 Å². The lowest BCUT2D eigenvalue weighted by Crippen LogP contribution is -2.49. The number of rotatable bonds is 3. The number of aromatic nitrogens is 2. The molecule has 2 N–H and O–H groups in total. The first-order valence-corrected chi connectivity index (χ1v) is 6.30. The zero-order valence-corrected chi connectivity index (χ0v) is 10.8. The number of nitriles is 1. The summed E-state index contributed by atoms with van der Waals surface area (Å²) in [4.78, 5) is 19.5. The van der Waals surface area contributed by atoms with Gasteiger partial charge in [-0.05, 0) is 31.6 Å². The lowest BCUT2D eigenvalue weighted by atomic mass is 9.77. The molecule has 1 aliphatic rings. The molecule has 2 rings (SSSR count). The zero-order valence-electron chi connectivity index (χ0n) is 10.8. The molecule has 0 bridgehead atoms. The molecule has 1 aromatic heterocycles. The van der Waals surface area contributed by atoms with Crippen LogP contribution in [0.25, 0.3) is 0 Å². The number of anilines is 1. The maximum absolute atomic E-state index is 11.6. The summed E-state index contributed by atoms with van der Waals surface area (Å²) in [6, 6.07) is 1.92. The van der Waals surface area contributed by atoms with Crippen molar-refractivity contribution in [3.8, 4) is 6.07 Å². The van der Waals surface area contributed by atoms with Crippen LogP contribution in [-0.4, -0.2) is 26.6 Å². The van der Waals surface area contributed by atoms with E-state index in [9.17, 15) is 9.90 Å². The van der Waals surface area contributed by atoms with Crippen molar-refractivity contribution in [2.45, 2.75) is 38.1 Å². The molecule has 0 amide bonds. The van der Waals surface area contributed by atoms with Gasteiger partial charge in [-0.2, -0.15) is 5.26 Å². The first-order valence-electron chi connectivity index (χ1n) is 6.30. The van der Waals surface area contributed by atoms with Crippen molar-refractivity contribution in [2.75, 3.05) is 5.32 Å². The predicted octanol–water partition coefficient (Wildman–Crippen LogP) is 1.79. The summed E-state index contributed by atoms with van der Waals surface area (Å²) < 4.78 is 0. The minimum Gasteiger partial charge on any atom is -0.480 e. The van der Waals surface area contributed by atoms with Crippen LogP contribution < -0.4 is 5.32 Å². The van der Waals surface area contributed by atoms with E-state index in [0.29, 0.717) is 18.8 Å². The molecule has 19 heavy (non-hydrogen) atoms. The standard InChI is InChI=1S/C13H16N4O2/c1-9-2-4-13(5-3-9,12(18)19)17-11-10(8-14)15-6-7-16-11/h6-7,9H,2-5H2,1H3,(H,16,17)(H,18,19). The van der Waals surface area contributed by atoms with E-state index in [1.54, 1.807) is 0 Å². The SMILES string of the molecule is CC1CCC(Nc2nccnc2C#N)(C(=O)O)CC1. The molecule has 1 fully saturated rings. The molecule has 1 heterocycles. The van der Waals surface area contributed by atoms with E-state index in [-0.39, 0.29) is 11.5 Å². The average Bonchev–Trinajstić information content (AvgIpc) is 2.42. The van der Waals surface area contributed by atoms with Crippen LogP contribution in [0, 0.1) is 17.2 Å². The third kappa shape index (κ3) is 2.65. The van der Waals surface area contributed by atoms with E-state index in [4.69, 9.17) is 5.26 Å². The van der Waals surface area contributed by atoms with Crippen molar-refractivity contribution in [3.63, 3.8) is 0 Å². The maximum Gasteiger partial charge on any atom is 0.329 e. The Bertz CT molecular complexity index is 516. The van der Waals surface area contributed by atoms with Gasteiger partial charge >= 0.3 is 5.97 Å². The summed E-state index contributed by atoms with van der Waals surface area (Å²) in [5.74, 6) is -0.109. The van der Waals surface area contributed by atoms with Crippen LogP contribution in [0.2, 0.25) is 0 Å². The van der Waals surface area contributed by atoms with Gasteiger partial charge in [-0.1, -0.05) is 6.92 Å². The van der Waals surface area contributed by atoms with E-state index in [0.717, 1.165) is 12.8 Å². The van der Waals surface area contributed by atoms with Crippen molar-refractivity contribution in [1.29, 1.82) is 5.26 Å². The Hall–Kier alpha value is -2.16. The number of nitrogens with zero attached hydrogens (tertiary/aromatic N) is 3. The van der Waals surface area contributed by atoms with Gasteiger partial charge < -0.3 is 10.4 Å². The Morgan fingerprint density at radius 2 is 2.11 bits per heavy atom. The van der Waals surface area contributed by atoms with Gasteiger partial charge in [0.25, 0.3) is 0 Å². The highest BCUT2D eigenvalue weighted by Crippen LogP contribution is 2.34. The highest BCUT2D eigenvalue weighted by Gasteiger charge is 2.42.